The van der Waals surface area contributed by atoms with Crippen molar-refractivity contribution in [3.63, 3.8) is 0 Å². The summed E-state index contributed by atoms with van der Waals surface area (Å²) in [7, 11) is 1.80. The maximum Gasteiger partial charge on any atom is 0.293 e. The number of carbonyl (C=O) groups is 1. The third-order valence-corrected chi connectivity index (χ3v) is 6.27. The molecular weight excluding hydrogens is 374 g/mol. The number of ether oxygens (including phenoxy) is 1. The van der Waals surface area contributed by atoms with Gasteiger partial charge in [-0.15, -0.1) is 0 Å². The number of nitrogens with one attached hydrogen (secondary N) is 1. The van der Waals surface area contributed by atoms with Crippen LogP contribution in [0, 0.1) is 6.92 Å². The van der Waals surface area contributed by atoms with Crippen LogP contribution in [0.3, 0.4) is 0 Å². The van der Waals surface area contributed by atoms with Gasteiger partial charge >= 0.3 is 0 Å². The van der Waals surface area contributed by atoms with E-state index in [2.05, 4.69) is 48.8 Å². The number of fused-ring (bicyclic) bond motifs is 6. The molecule has 3 aromatic carbocycles. The van der Waals surface area contributed by atoms with Crippen LogP contribution < -0.4 is 15.1 Å². The average molecular weight is 395 g/mol. The van der Waals surface area contributed by atoms with Gasteiger partial charge in [-0.05, 0) is 30.7 Å². The number of benzene rings is 3. The van der Waals surface area contributed by atoms with Gasteiger partial charge in [-0.3, -0.25) is 4.79 Å². The second-order valence-electron chi connectivity index (χ2n) is 8.04. The van der Waals surface area contributed by atoms with Crippen LogP contribution in [-0.4, -0.2) is 18.0 Å². The van der Waals surface area contributed by atoms with E-state index >= 15 is 0 Å². The highest BCUT2D eigenvalue weighted by Gasteiger charge is 2.62. The van der Waals surface area contributed by atoms with Gasteiger partial charge in [-0.25, -0.2) is 0 Å². The van der Waals surface area contributed by atoms with E-state index < -0.39 is 5.72 Å². The van der Waals surface area contributed by atoms with Gasteiger partial charge in [0.25, 0.3) is 11.6 Å². The first-order valence-electron chi connectivity index (χ1n) is 10.1. The molecule has 3 aromatic rings. The normalized spacial score (nSPS) is 24.1. The summed E-state index contributed by atoms with van der Waals surface area (Å²) in [5.74, 6) is 0.634. The number of hydrogen-bond donors (Lipinski definition) is 1. The van der Waals surface area contributed by atoms with Gasteiger partial charge in [0, 0.05) is 18.2 Å². The van der Waals surface area contributed by atoms with Crippen molar-refractivity contribution in [3.05, 3.63) is 101 Å². The SMILES string of the molecule is Cc1ccc(C2=CC3c4ccccc4OC4(C(=O)N(C)c5ccccc54)N3N2)cc1. The molecule has 0 radical (unpaired) electrons. The van der Waals surface area contributed by atoms with E-state index in [9.17, 15) is 4.79 Å². The molecule has 148 valence electrons. The fourth-order valence-electron chi connectivity index (χ4n) is 4.73. The molecule has 2 atom stereocenters. The lowest BCUT2D eigenvalue weighted by Gasteiger charge is -2.45. The monoisotopic (exact) mass is 395 g/mol. The van der Waals surface area contributed by atoms with E-state index in [1.807, 2.05) is 47.5 Å². The number of likely N-dealkylation sites (N-methyl/N-ethyl adjacent to an activating group) is 1. The van der Waals surface area contributed by atoms with Gasteiger partial charge in [0.15, 0.2) is 0 Å². The Morgan fingerprint density at radius 1 is 0.967 bits per heavy atom. The van der Waals surface area contributed by atoms with Crippen molar-refractivity contribution < 1.29 is 9.53 Å². The Balaban J connectivity index is 1.56. The molecule has 3 heterocycles. The van der Waals surface area contributed by atoms with Crippen LogP contribution in [0.2, 0.25) is 0 Å². The van der Waals surface area contributed by atoms with Gasteiger partial charge in [0.1, 0.15) is 5.75 Å². The molecule has 6 rings (SSSR count). The van der Waals surface area contributed by atoms with Crippen molar-refractivity contribution in [1.29, 1.82) is 0 Å². The lowest BCUT2D eigenvalue weighted by Crippen LogP contribution is -2.61. The summed E-state index contributed by atoms with van der Waals surface area (Å²) in [6.07, 6.45) is 2.18. The number of para-hydroxylation sites is 2. The number of amides is 1. The molecule has 0 saturated carbocycles. The number of hydrazine groups is 1. The molecule has 3 aliphatic rings. The van der Waals surface area contributed by atoms with E-state index in [4.69, 9.17) is 4.74 Å². The Morgan fingerprint density at radius 3 is 2.53 bits per heavy atom. The van der Waals surface area contributed by atoms with Crippen LogP contribution in [0.4, 0.5) is 5.69 Å². The highest BCUT2D eigenvalue weighted by Crippen LogP contribution is 2.53. The van der Waals surface area contributed by atoms with Gasteiger partial charge in [-0.1, -0.05) is 66.2 Å². The molecule has 3 aliphatic heterocycles. The standard InChI is InChI=1S/C25H21N3O2/c1-16-11-13-17(14-12-16)20-15-22-18-7-3-6-10-23(18)30-25(28(22)26-20)19-8-4-5-9-21(19)27(2)24(25)29/h3-15,22,26H,1-2H3. The molecule has 30 heavy (non-hydrogen) atoms. The largest absolute Gasteiger partial charge is 0.457 e. The fraction of sp³-hybridized carbons (Fsp3) is 0.160. The first-order chi connectivity index (χ1) is 14.6. The molecule has 5 nitrogen and oxygen atoms in total. The Kier molecular flexibility index (Phi) is 3.44. The van der Waals surface area contributed by atoms with E-state index in [0.29, 0.717) is 0 Å². The second-order valence-corrected chi connectivity index (χ2v) is 8.04. The van der Waals surface area contributed by atoms with E-state index in [1.54, 1.807) is 11.9 Å². The molecule has 0 bridgehead atoms. The van der Waals surface area contributed by atoms with Gasteiger partial charge < -0.3 is 15.1 Å². The van der Waals surface area contributed by atoms with Crippen molar-refractivity contribution in [2.75, 3.05) is 11.9 Å². The number of hydrogen-bond acceptors (Lipinski definition) is 4. The zero-order chi connectivity index (χ0) is 20.5. The Bertz CT molecular complexity index is 1220. The van der Waals surface area contributed by atoms with Crippen LogP contribution in [0.5, 0.6) is 5.75 Å². The summed E-state index contributed by atoms with van der Waals surface area (Å²) >= 11 is 0. The summed E-state index contributed by atoms with van der Waals surface area (Å²) < 4.78 is 6.55. The number of nitrogens with zero attached hydrogens (tertiary/aromatic N) is 2. The quantitative estimate of drug-likeness (QED) is 0.673. The van der Waals surface area contributed by atoms with E-state index in [-0.39, 0.29) is 11.9 Å². The molecule has 5 heteroatoms. The smallest absolute Gasteiger partial charge is 0.293 e. The minimum Gasteiger partial charge on any atom is -0.457 e. The zero-order valence-electron chi connectivity index (χ0n) is 16.8. The van der Waals surface area contributed by atoms with Crippen molar-refractivity contribution in [2.24, 2.45) is 0 Å². The molecule has 2 unspecified atom stereocenters. The van der Waals surface area contributed by atoms with Crippen molar-refractivity contribution in [3.8, 4) is 5.75 Å². The predicted molar refractivity (Wildman–Crippen MR) is 115 cm³/mol. The second kappa shape index (κ2) is 5.97. The van der Waals surface area contributed by atoms with Crippen LogP contribution in [-0.2, 0) is 10.5 Å². The van der Waals surface area contributed by atoms with Crippen LogP contribution in [0.25, 0.3) is 5.70 Å². The number of carbonyl (C=O) groups excluding carboxylic acids is 1. The molecule has 1 spiro atoms. The van der Waals surface area contributed by atoms with Crippen molar-refractivity contribution in [2.45, 2.75) is 18.7 Å². The van der Waals surface area contributed by atoms with Crippen LogP contribution in [0.15, 0.2) is 78.9 Å². The first-order valence-corrected chi connectivity index (χ1v) is 10.1. The summed E-state index contributed by atoms with van der Waals surface area (Å²) in [5, 5.41) is 1.97. The average Bonchev–Trinajstić information content (AvgIpc) is 3.31. The lowest BCUT2D eigenvalue weighted by atomic mass is 9.95. The van der Waals surface area contributed by atoms with Crippen molar-refractivity contribution >= 4 is 17.3 Å². The first kappa shape index (κ1) is 17.3. The Morgan fingerprint density at radius 2 is 1.70 bits per heavy atom. The van der Waals surface area contributed by atoms with Gasteiger partial charge in [0.2, 0.25) is 0 Å². The molecule has 0 fully saturated rings. The Labute approximate surface area is 175 Å². The van der Waals surface area contributed by atoms with Crippen molar-refractivity contribution in [1.82, 2.24) is 10.4 Å². The topological polar surface area (TPSA) is 44.8 Å². The summed E-state index contributed by atoms with van der Waals surface area (Å²) in [6.45, 7) is 2.08. The predicted octanol–water partition coefficient (Wildman–Crippen LogP) is 4.12. The highest BCUT2D eigenvalue weighted by atomic mass is 16.5. The maximum absolute atomic E-state index is 13.7. The summed E-state index contributed by atoms with van der Waals surface area (Å²) in [5.41, 5.74) is 8.28. The maximum atomic E-state index is 13.7. The summed E-state index contributed by atoms with van der Waals surface area (Å²) in [6, 6.07) is 24.1. The highest BCUT2D eigenvalue weighted by molar-refractivity contribution is 6.07. The zero-order valence-corrected chi connectivity index (χ0v) is 16.8. The minimum absolute atomic E-state index is 0.103. The Hall–Kier alpha value is -3.57. The molecule has 1 amide bonds. The third kappa shape index (κ3) is 2.13. The van der Waals surface area contributed by atoms with Crippen LogP contribution >= 0.6 is 0 Å². The molecular formula is C25H21N3O2. The van der Waals surface area contributed by atoms with Gasteiger partial charge in [0.05, 0.1) is 17.4 Å². The van der Waals surface area contributed by atoms with Crippen LogP contribution in [0.1, 0.15) is 28.3 Å². The molecule has 0 aromatic heterocycles. The lowest BCUT2D eigenvalue weighted by molar-refractivity contribution is -0.167. The van der Waals surface area contributed by atoms with E-state index in [0.717, 1.165) is 33.8 Å². The van der Waals surface area contributed by atoms with E-state index in [1.165, 1.54) is 5.56 Å². The minimum atomic E-state index is -1.26. The number of aryl methyl sites for hydroxylation is 1. The molecule has 1 N–H and O–H groups in total. The fourth-order valence-corrected chi connectivity index (χ4v) is 4.73. The molecule has 0 aliphatic carbocycles. The third-order valence-electron chi connectivity index (χ3n) is 6.27. The van der Waals surface area contributed by atoms with Gasteiger partial charge in [-0.2, -0.15) is 5.01 Å². The number of anilines is 1. The number of rotatable bonds is 1. The summed E-state index contributed by atoms with van der Waals surface area (Å²) in [4.78, 5) is 15.4. The molecule has 0 saturated heterocycles.